The van der Waals surface area contributed by atoms with Gasteiger partial charge in [-0.25, -0.2) is 0 Å². The summed E-state index contributed by atoms with van der Waals surface area (Å²) < 4.78 is 95.7. The summed E-state index contributed by atoms with van der Waals surface area (Å²) in [6, 6.07) is 0. The van der Waals surface area contributed by atoms with E-state index in [-0.39, 0.29) is 41.0 Å². The van der Waals surface area contributed by atoms with E-state index in [0.717, 1.165) is 19.3 Å². The molecule has 0 amide bonds. The van der Waals surface area contributed by atoms with Crippen molar-refractivity contribution in [2.75, 3.05) is 53.9 Å². The molecule has 37 atom stereocenters. The predicted molar refractivity (Wildman–Crippen MR) is 337 cm³/mol. The molecule has 1 spiro atoms. The molecule has 0 bridgehead atoms. The quantitative estimate of drug-likeness (QED) is 0.0344. The number of carbonyl (C=O) groups excluding carboxylic acids is 2. The highest BCUT2D eigenvalue weighted by atomic mass is 16.8. The van der Waals surface area contributed by atoms with Crippen molar-refractivity contribution >= 4 is 11.9 Å². The number of fused-ring (bicyclic) bond motifs is 4. The van der Waals surface area contributed by atoms with Crippen molar-refractivity contribution in [2.24, 2.45) is 45.3 Å². The number of carbonyl (C=O) groups is 2. The minimum absolute atomic E-state index is 0.0273. The molecule has 0 aromatic rings. The number of esters is 2. The zero-order chi connectivity index (χ0) is 73.5. The van der Waals surface area contributed by atoms with Crippen LogP contribution in [0, 0.1) is 45.3 Å². The Kier molecular flexibility index (Phi) is 24.6. The van der Waals surface area contributed by atoms with Crippen LogP contribution in [0.4, 0.5) is 0 Å². The van der Waals surface area contributed by atoms with Crippen LogP contribution in [0.1, 0.15) is 113 Å². The zero-order valence-electron chi connectivity index (χ0n) is 58.9. The van der Waals surface area contributed by atoms with Crippen molar-refractivity contribution in [3.63, 3.8) is 0 Å². The minimum atomic E-state index is -2.06. The molecule has 37 unspecified atom stereocenters. The van der Waals surface area contributed by atoms with Crippen molar-refractivity contribution in [3.8, 4) is 0 Å². The van der Waals surface area contributed by atoms with E-state index < -0.39 is 246 Å². The highest BCUT2D eigenvalue weighted by Gasteiger charge is 2.77. The maximum absolute atomic E-state index is 14.8. The number of hydrogen-bond donors (Lipinski definition) is 15. The number of cyclic esters (lactones) is 1. The third kappa shape index (κ3) is 14.3. The summed E-state index contributed by atoms with van der Waals surface area (Å²) >= 11 is 0. The van der Waals surface area contributed by atoms with Gasteiger partial charge in [0, 0.05) is 38.9 Å². The number of aliphatic hydroxyl groups is 15. The average Bonchev–Trinajstić information content (AvgIpc) is 1.54. The lowest BCUT2D eigenvalue weighted by Crippen LogP contribution is -2.67. The van der Waals surface area contributed by atoms with E-state index in [1.54, 1.807) is 0 Å². The zero-order valence-corrected chi connectivity index (χ0v) is 58.9. The van der Waals surface area contributed by atoms with Crippen LogP contribution in [0.2, 0.25) is 0 Å². The maximum atomic E-state index is 14.8. The first-order valence-corrected chi connectivity index (χ1v) is 35.6. The molecule has 580 valence electrons. The molecule has 11 aliphatic rings. The van der Waals surface area contributed by atoms with Gasteiger partial charge in [-0.05, 0) is 86.9 Å². The molecule has 33 nitrogen and oxygen atoms in total. The molecule has 11 rings (SSSR count). The molecule has 15 N–H and O–H groups in total. The molecule has 33 heteroatoms. The lowest BCUT2D eigenvalue weighted by Gasteiger charge is -2.64. The lowest BCUT2D eigenvalue weighted by atomic mass is 9.41. The third-order valence-electron chi connectivity index (χ3n) is 24.8. The summed E-state index contributed by atoms with van der Waals surface area (Å²) in [5, 5.41) is 167. The first-order chi connectivity index (χ1) is 47.7. The average molecular weight is 1460 g/mol. The molecule has 0 aromatic carbocycles. The fourth-order valence-corrected chi connectivity index (χ4v) is 19.5. The van der Waals surface area contributed by atoms with Gasteiger partial charge in [0.25, 0.3) is 0 Å². The van der Waals surface area contributed by atoms with Gasteiger partial charge in [0.2, 0.25) is 0 Å². The van der Waals surface area contributed by atoms with Gasteiger partial charge in [0.1, 0.15) is 146 Å². The van der Waals surface area contributed by atoms with Gasteiger partial charge in [-0.15, -0.1) is 0 Å². The largest absolute Gasteiger partial charge is 0.462 e. The van der Waals surface area contributed by atoms with Gasteiger partial charge >= 0.3 is 11.9 Å². The first-order valence-electron chi connectivity index (χ1n) is 35.6. The predicted octanol–water partition coefficient (Wildman–Crippen LogP) is -3.85. The van der Waals surface area contributed by atoms with E-state index in [4.69, 9.17) is 75.8 Å². The Hall–Kier alpha value is -2.48. The van der Waals surface area contributed by atoms with Gasteiger partial charge < -0.3 is 152 Å². The van der Waals surface area contributed by atoms with Crippen LogP contribution in [0.15, 0.2) is 11.6 Å². The third-order valence-corrected chi connectivity index (χ3v) is 24.8. The van der Waals surface area contributed by atoms with E-state index >= 15 is 0 Å². The summed E-state index contributed by atoms with van der Waals surface area (Å²) in [6.07, 6.45) is -40.7. The number of rotatable bonds is 23. The van der Waals surface area contributed by atoms with E-state index in [9.17, 15) is 86.2 Å². The fraction of sp³-hybridized carbons (Fsp3) is 0.941. The molecule has 4 aliphatic carbocycles. The Labute approximate surface area is 585 Å². The Morgan fingerprint density at radius 2 is 0.990 bits per heavy atom. The summed E-state index contributed by atoms with van der Waals surface area (Å²) in [5.41, 5.74) is -1.86. The number of aliphatic hydroxyl groups excluding tert-OH is 15. The van der Waals surface area contributed by atoms with Crippen molar-refractivity contribution in [1.82, 2.24) is 0 Å². The number of hydrogen-bond acceptors (Lipinski definition) is 33. The van der Waals surface area contributed by atoms with Crippen LogP contribution in [0.3, 0.4) is 0 Å². The second kappa shape index (κ2) is 31.2. The van der Waals surface area contributed by atoms with Crippen molar-refractivity contribution in [3.05, 3.63) is 11.6 Å². The van der Waals surface area contributed by atoms with Gasteiger partial charge in [-0.1, -0.05) is 53.2 Å². The van der Waals surface area contributed by atoms with Gasteiger partial charge in [-0.2, -0.15) is 0 Å². The van der Waals surface area contributed by atoms with Crippen LogP contribution < -0.4 is 0 Å². The molecule has 7 aliphatic heterocycles. The van der Waals surface area contributed by atoms with Gasteiger partial charge in [0.15, 0.2) is 37.7 Å². The topological polar surface area (TPSA) is 485 Å². The molecule has 7 saturated heterocycles. The smallest absolute Gasteiger partial charge is 0.313 e. The molecular weight excluding hydrogens is 1340 g/mol. The van der Waals surface area contributed by atoms with E-state index in [1.807, 2.05) is 6.92 Å². The first kappa shape index (κ1) is 79.6. The second-order valence-electron chi connectivity index (χ2n) is 31.4. The summed E-state index contributed by atoms with van der Waals surface area (Å²) in [7, 11) is 2.36. The lowest BCUT2D eigenvalue weighted by molar-refractivity contribution is -0.392. The molecule has 0 aromatic heterocycles. The highest BCUT2D eigenvalue weighted by Crippen LogP contribution is 2.76. The Morgan fingerprint density at radius 1 is 0.525 bits per heavy atom. The van der Waals surface area contributed by atoms with E-state index in [0.29, 0.717) is 38.5 Å². The van der Waals surface area contributed by atoms with Crippen molar-refractivity contribution in [2.45, 2.75) is 303 Å². The molecule has 0 radical (unpaired) electrons. The van der Waals surface area contributed by atoms with E-state index in [1.165, 1.54) is 26.7 Å². The van der Waals surface area contributed by atoms with Gasteiger partial charge in [-0.3, -0.25) is 9.59 Å². The normalized spacial score (nSPS) is 50.9. The fourth-order valence-electron chi connectivity index (χ4n) is 19.5. The summed E-state index contributed by atoms with van der Waals surface area (Å²) in [4.78, 5) is 27.1. The SMILES string of the molecule is COC1C(O)C(CO)OC(OC2C(O)C(CO)OC(OC3COC(OC4C(OC5CCC6(C)C7CCC89C(=O)OC(C)(CC(CC(C)C)OC(C)=O)C8CCC9(C)C7=CCC6C5(C)C)OCC(OC5OC(CO)C(O)C(OC6OC(CO)C(O)C(OC)C6O)C5O)C4O)C(O)C3O)C2O)C1O. The Bertz CT molecular complexity index is 2820. The second-order valence-corrected chi connectivity index (χ2v) is 31.4. The van der Waals surface area contributed by atoms with Crippen molar-refractivity contribution < 1.29 is 162 Å². The standard InChI is InChI=1S/C68H110O33/c1-27(2)19-29(90-28(3)73)20-67(8)39-14-17-66(7)31-11-12-38-64(4,5)40(15-16-65(38,6)30(31)13-18-68(39,66)63(85)101-67)97-62-56(46(79)37(26-89-62)96-59-51(84)55(45(78)35(24-72)92-59)99-61-49(82)53(87-10)43(76)33(22-70)94-61)100-57-47(80)41(74)36(25-88-57)95-58-50(83)54(44(77)34(23-71)91-58)98-60-48(81)52(86-9)42(75)32(21-69)93-60/h11,27,29-30,32-62,69-72,74-84H,12-26H2,1-10H3. The maximum Gasteiger partial charge on any atom is 0.313 e. The molecule has 3 saturated carbocycles. The Morgan fingerprint density at radius 3 is 1.48 bits per heavy atom. The summed E-state index contributed by atoms with van der Waals surface area (Å²) in [5.74, 6) is -0.393. The minimum Gasteiger partial charge on any atom is -0.462 e. The van der Waals surface area contributed by atoms with Crippen LogP contribution in [-0.2, 0) is 85.4 Å². The number of allylic oxidation sites excluding steroid dienone is 2. The van der Waals surface area contributed by atoms with Crippen LogP contribution >= 0.6 is 0 Å². The number of methoxy groups -OCH3 is 2. The van der Waals surface area contributed by atoms with Crippen molar-refractivity contribution in [1.29, 1.82) is 0 Å². The van der Waals surface area contributed by atoms with E-state index in [2.05, 4.69) is 47.6 Å². The Balaban J connectivity index is 0.827. The van der Waals surface area contributed by atoms with Crippen LogP contribution in [0.25, 0.3) is 0 Å². The molecule has 101 heavy (non-hydrogen) atoms. The highest BCUT2D eigenvalue weighted by molar-refractivity contribution is 5.83. The summed E-state index contributed by atoms with van der Waals surface area (Å²) in [6.45, 7) is 11.9. The molecular formula is C68H110O33. The number of ether oxygens (including phenoxy) is 16. The molecule has 10 fully saturated rings. The monoisotopic (exact) mass is 1450 g/mol. The van der Waals surface area contributed by atoms with Crippen LogP contribution in [0.5, 0.6) is 0 Å². The molecule has 7 heterocycles. The van der Waals surface area contributed by atoms with Gasteiger partial charge in [0.05, 0.1) is 51.2 Å². The van der Waals surface area contributed by atoms with Crippen LogP contribution in [-0.4, -0.2) is 332 Å².